The highest BCUT2D eigenvalue weighted by Gasteiger charge is 2.07. The predicted octanol–water partition coefficient (Wildman–Crippen LogP) is 2.43. The summed E-state index contributed by atoms with van der Waals surface area (Å²) < 4.78 is 1.67. The van der Waals surface area contributed by atoms with Gasteiger partial charge in [-0.15, -0.1) is 0 Å². The lowest BCUT2D eigenvalue weighted by molar-refractivity contribution is -0.121. The lowest BCUT2D eigenvalue weighted by atomic mass is 10.1. The molecule has 1 heterocycles. The van der Waals surface area contributed by atoms with E-state index in [1.807, 2.05) is 57.2 Å². The Hall–Kier alpha value is -2.43. The lowest BCUT2D eigenvalue weighted by Crippen LogP contribution is -2.25. The minimum Gasteiger partial charge on any atom is -0.271 e. The Labute approximate surface area is 124 Å². The smallest absolute Gasteiger partial charge is 0.261 e. The Morgan fingerprint density at radius 3 is 2.57 bits per heavy atom. The Kier molecular flexibility index (Phi) is 4.87. The molecule has 1 aromatic heterocycles. The van der Waals surface area contributed by atoms with Crippen molar-refractivity contribution < 1.29 is 4.79 Å². The van der Waals surface area contributed by atoms with Gasteiger partial charge in [0.25, 0.3) is 5.91 Å². The zero-order chi connectivity index (χ0) is 15.2. The molecule has 0 aliphatic heterocycles. The second kappa shape index (κ2) is 6.83. The van der Waals surface area contributed by atoms with Crippen LogP contribution in [-0.2, 0) is 11.3 Å². The maximum atomic E-state index is 11.9. The van der Waals surface area contributed by atoms with E-state index in [1.165, 1.54) is 0 Å². The summed E-state index contributed by atoms with van der Waals surface area (Å²) in [6.07, 6.45) is 0.754. The molecule has 0 saturated heterocycles. The van der Waals surface area contributed by atoms with Crippen LogP contribution in [0.25, 0.3) is 0 Å². The first kappa shape index (κ1) is 15.0. The fraction of sp³-hybridized carbons (Fsp3) is 0.312. The van der Waals surface area contributed by atoms with Crippen LogP contribution in [0.1, 0.15) is 30.3 Å². The molecule has 1 N–H and O–H groups in total. The summed E-state index contributed by atoms with van der Waals surface area (Å²) in [5, 5.41) is 8.48. The van der Waals surface area contributed by atoms with Gasteiger partial charge in [0.05, 0.1) is 11.4 Å². The van der Waals surface area contributed by atoms with E-state index in [2.05, 4.69) is 15.6 Å². The second-order valence-corrected chi connectivity index (χ2v) is 4.90. The van der Waals surface area contributed by atoms with E-state index in [0.29, 0.717) is 0 Å². The largest absolute Gasteiger partial charge is 0.271 e. The van der Waals surface area contributed by atoms with E-state index in [0.717, 1.165) is 29.1 Å². The summed E-state index contributed by atoms with van der Waals surface area (Å²) in [5.41, 5.74) is 6.35. The van der Waals surface area contributed by atoms with Crippen molar-refractivity contribution in [3.05, 3.63) is 53.3 Å². The number of carbonyl (C=O) groups excluding carboxylic acids is 1. The molecule has 0 atom stereocenters. The molecule has 5 nitrogen and oxygen atoms in total. The van der Waals surface area contributed by atoms with Crippen molar-refractivity contribution in [2.45, 2.75) is 33.7 Å². The van der Waals surface area contributed by atoms with Gasteiger partial charge in [0.2, 0.25) is 0 Å². The summed E-state index contributed by atoms with van der Waals surface area (Å²) in [5.74, 6) is -0.178. The van der Waals surface area contributed by atoms with Gasteiger partial charge in [0.1, 0.15) is 6.54 Å². The molecule has 5 heteroatoms. The number of aryl methyl sites for hydroxylation is 2. The minimum absolute atomic E-state index is 0.176. The number of benzene rings is 1. The van der Waals surface area contributed by atoms with Gasteiger partial charge in [-0.05, 0) is 31.9 Å². The molecule has 0 aliphatic rings. The van der Waals surface area contributed by atoms with Crippen molar-refractivity contribution >= 4 is 11.6 Å². The first-order chi connectivity index (χ1) is 10.1. The molecule has 2 rings (SSSR count). The molecule has 0 saturated carbocycles. The van der Waals surface area contributed by atoms with Gasteiger partial charge in [0.15, 0.2) is 0 Å². The number of hydrazone groups is 1. The number of nitrogens with zero attached hydrogens (tertiary/aromatic N) is 3. The molecule has 0 fully saturated rings. The maximum absolute atomic E-state index is 11.9. The number of hydrogen-bond acceptors (Lipinski definition) is 3. The number of rotatable bonds is 5. The summed E-state index contributed by atoms with van der Waals surface area (Å²) in [4.78, 5) is 11.9. The third-order valence-corrected chi connectivity index (χ3v) is 3.15. The average Bonchev–Trinajstić information content (AvgIpc) is 2.78. The normalized spacial score (nSPS) is 11.5. The average molecular weight is 284 g/mol. The second-order valence-electron chi connectivity index (χ2n) is 4.90. The van der Waals surface area contributed by atoms with Crippen LogP contribution in [0.3, 0.4) is 0 Å². The van der Waals surface area contributed by atoms with Gasteiger partial charge in [-0.1, -0.05) is 37.3 Å². The first-order valence-corrected chi connectivity index (χ1v) is 7.02. The van der Waals surface area contributed by atoms with Crippen LogP contribution in [0.15, 0.2) is 41.5 Å². The van der Waals surface area contributed by atoms with Crippen LogP contribution < -0.4 is 5.43 Å². The Balaban J connectivity index is 2.02. The summed E-state index contributed by atoms with van der Waals surface area (Å²) in [7, 11) is 0. The molecular formula is C16H20N4O. The van der Waals surface area contributed by atoms with Crippen molar-refractivity contribution in [2.24, 2.45) is 5.10 Å². The number of nitrogens with one attached hydrogen (secondary N) is 1. The van der Waals surface area contributed by atoms with Crippen molar-refractivity contribution in [3.63, 3.8) is 0 Å². The number of hydrogen-bond donors (Lipinski definition) is 1. The van der Waals surface area contributed by atoms with E-state index in [1.54, 1.807) is 4.68 Å². The van der Waals surface area contributed by atoms with E-state index >= 15 is 0 Å². The molecule has 110 valence electrons. The van der Waals surface area contributed by atoms with Crippen LogP contribution in [-0.4, -0.2) is 21.4 Å². The van der Waals surface area contributed by atoms with Crippen LogP contribution in [0.4, 0.5) is 0 Å². The fourth-order valence-electron chi connectivity index (χ4n) is 2.11. The third kappa shape index (κ3) is 4.02. The molecule has 21 heavy (non-hydrogen) atoms. The van der Waals surface area contributed by atoms with Gasteiger partial charge >= 0.3 is 0 Å². The van der Waals surface area contributed by atoms with Crippen LogP contribution >= 0.6 is 0 Å². The van der Waals surface area contributed by atoms with Gasteiger partial charge in [0, 0.05) is 5.69 Å². The zero-order valence-electron chi connectivity index (χ0n) is 12.6. The third-order valence-electron chi connectivity index (χ3n) is 3.15. The van der Waals surface area contributed by atoms with E-state index < -0.39 is 0 Å². The molecule has 0 unspecified atom stereocenters. The van der Waals surface area contributed by atoms with E-state index in [-0.39, 0.29) is 12.5 Å². The number of carbonyl (C=O) groups is 1. The Morgan fingerprint density at radius 1 is 1.29 bits per heavy atom. The van der Waals surface area contributed by atoms with Gasteiger partial charge in [-0.25, -0.2) is 5.43 Å². The highest BCUT2D eigenvalue weighted by atomic mass is 16.2. The van der Waals surface area contributed by atoms with E-state index in [9.17, 15) is 4.79 Å². The standard InChI is InChI=1S/C16H20N4O/c1-4-15(14-8-6-5-7-9-14)17-18-16(21)11-20-13(3)10-12(2)19-20/h5-10H,4,11H2,1-3H3,(H,18,21)/b17-15+. The minimum atomic E-state index is -0.178. The first-order valence-electron chi connectivity index (χ1n) is 7.02. The maximum Gasteiger partial charge on any atom is 0.261 e. The summed E-state index contributed by atoms with van der Waals surface area (Å²) in [6, 6.07) is 11.8. The van der Waals surface area contributed by atoms with Crippen LogP contribution in [0.5, 0.6) is 0 Å². The Morgan fingerprint density at radius 2 is 2.00 bits per heavy atom. The molecule has 1 amide bonds. The summed E-state index contributed by atoms with van der Waals surface area (Å²) >= 11 is 0. The SMILES string of the molecule is CC/C(=N\NC(=O)Cn1nc(C)cc1C)c1ccccc1. The number of aromatic nitrogens is 2. The van der Waals surface area contributed by atoms with Crippen molar-refractivity contribution in [1.82, 2.24) is 15.2 Å². The molecule has 0 aliphatic carbocycles. The van der Waals surface area contributed by atoms with Gasteiger partial charge in [-0.3, -0.25) is 9.48 Å². The molecule has 0 spiro atoms. The van der Waals surface area contributed by atoms with Crippen molar-refractivity contribution in [3.8, 4) is 0 Å². The molecule has 2 aromatic rings. The van der Waals surface area contributed by atoms with Gasteiger partial charge in [-0.2, -0.15) is 10.2 Å². The highest BCUT2D eigenvalue weighted by molar-refractivity contribution is 6.00. The molecule has 0 bridgehead atoms. The van der Waals surface area contributed by atoms with E-state index in [4.69, 9.17) is 0 Å². The van der Waals surface area contributed by atoms with Crippen LogP contribution in [0, 0.1) is 13.8 Å². The summed E-state index contributed by atoms with van der Waals surface area (Å²) in [6.45, 7) is 6.02. The lowest BCUT2D eigenvalue weighted by Gasteiger charge is -2.06. The van der Waals surface area contributed by atoms with Gasteiger partial charge < -0.3 is 0 Å². The molecule has 0 radical (unpaired) electrons. The predicted molar refractivity (Wildman–Crippen MR) is 83.1 cm³/mol. The monoisotopic (exact) mass is 284 g/mol. The zero-order valence-corrected chi connectivity index (χ0v) is 12.6. The fourth-order valence-corrected chi connectivity index (χ4v) is 2.11. The highest BCUT2D eigenvalue weighted by Crippen LogP contribution is 2.04. The topological polar surface area (TPSA) is 59.3 Å². The quantitative estimate of drug-likeness (QED) is 0.677. The molecule has 1 aromatic carbocycles. The Bertz CT molecular complexity index is 644. The van der Waals surface area contributed by atoms with Crippen molar-refractivity contribution in [2.75, 3.05) is 0 Å². The van der Waals surface area contributed by atoms with Crippen LogP contribution in [0.2, 0.25) is 0 Å². The number of amides is 1. The van der Waals surface area contributed by atoms with Crippen molar-refractivity contribution in [1.29, 1.82) is 0 Å². The molecular weight excluding hydrogens is 264 g/mol.